The predicted molar refractivity (Wildman–Crippen MR) is 95.0 cm³/mol. The molecule has 1 N–H and O–H groups in total. The van der Waals surface area contributed by atoms with E-state index in [0.29, 0.717) is 5.92 Å². The lowest BCUT2D eigenvalue weighted by molar-refractivity contribution is 0.453. The van der Waals surface area contributed by atoms with E-state index in [9.17, 15) is 0 Å². The number of benzene rings is 1. The molecule has 1 aliphatic rings. The number of likely N-dealkylation sites (N-methyl/N-ethyl adjacent to an activating group) is 1. The molecule has 0 radical (unpaired) electrons. The van der Waals surface area contributed by atoms with Crippen LogP contribution in [0.2, 0.25) is 0 Å². The van der Waals surface area contributed by atoms with Gasteiger partial charge in [0.25, 0.3) is 0 Å². The normalized spacial score (nSPS) is 17.9. The van der Waals surface area contributed by atoms with Crippen molar-refractivity contribution >= 4 is 5.82 Å². The summed E-state index contributed by atoms with van der Waals surface area (Å²) in [6.07, 6.45) is 3.48. The second-order valence-corrected chi connectivity index (χ2v) is 6.40. The maximum absolute atomic E-state index is 4.68. The number of rotatable bonds is 5. The number of hydrogen-bond acceptors (Lipinski definition) is 4. The van der Waals surface area contributed by atoms with Crippen molar-refractivity contribution in [2.75, 3.05) is 31.6 Å². The molecule has 1 saturated heterocycles. The Morgan fingerprint density at radius 3 is 2.78 bits per heavy atom. The predicted octanol–water partition coefficient (Wildman–Crippen LogP) is 2.93. The molecule has 1 unspecified atom stereocenters. The van der Waals surface area contributed by atoms with E-state index >= 15 is 0 Å². The zero-order valence-electron chi connectivity index (χ0n) is 14.1. The molecule has 1 aliphatic heterocycles. The zero-order valence-corrected chi connectivity index (χ0v) is 14.1. The van der Waals surface area contributed by atoms with Gasteiger partial charge in [0.1, 0.15) is 11.6 Å². The first kappa shape index (κ1) is 15.9. The van der Waals surface area contributed by atoms with Gasteiger partial charge in [-0.05, 0) is 38.3 Å². The highest BCUT2D eigenvalue weighted by Crippen LogP contribution is 2.24. The minimum Gasteiger partial charge on any atom is -0.359 e. The molecule has 0 aliphatic carbocycles. The highest BCUT2D eigenvalue weighted by atomic mass is 15.2. The van der Waals surface area contributed by atoms with Crippen molar-refractivity contribution in [3.63, 3.8) is 0 Å². The summed E-state index contributed by atoms with van der Waals surface area (Å²) >= 11 is 0. The van der Waals surface area contributed by atoms with E-state index in [1.165, 1.54) is 24.1 Å². The summed E-state index contributed by atoms with van der Waals surface area (Å²) in [6.45, 7) is 5.12. The van der Waals surface area contributed by atoms with Gasteiger partial charge in [-0.15, -0.1) is 0 Å². The Morgan fingerprint density at radius 1 is 1.22 bits per heavy atom. The Bertz CT molecular complexity index is 621. The van der Waals surface area contributed by atoms with Crippen molar-refractivity contribution in [3.8, 4) is 0 Å². The Morgan fingerprint density at radius 2 is 2.04 bits per heavy atom. The summed E-state index contributed by atoms with van der Waals surface area (Å²) in [4.78, 5) is 11.6. The molecule has 2 aromatic rings. The van der Waals surface area contributed by atoms with Crippen molar-refractivity contribution in [1.29, 1.82) is 0 Å². The van der Waals surface area contributed by atoms with Crippen LogP contribution >= 0.6 is 0 Å². The van der Waals surface area contributed by atoms with E-state index in [-0.39, 0.29) is 0 Å². The molecular weight excluding hydrogens is 284 g/mol. The van der Waals surface area contributed by atoms with Crippen molar-refractivity contribution in [3.05, 3.63) is 53.5 Å². The number of nitrogens with one attached hydrogen (secondary N) is 1. The first-order chi connectivity index (χ1) is 11.2. The quantitative estimate of drug-likeness (QED) is 0.922. The maximum Gasteiger partial charge on any atom is 0.132 e. The molecule has 1 aromatic carbocycles. The minimum atomic E-state index is 0.520. The van der Waals surface area contributed by atoms with Gasteiger partial charge in [-0.3, -0.25) is 0 Å². The molecule has 2 heterocycles. The standard InChI is InChI=1S/C19H26N4/c1-15-21-18(17-9-6-11-20-14-17)13-19(22-15)23(2)12-10-16-7-4-3-5-8-16/h3-5,7-8,13,17,20H,6,9-12,14H2,1-2H3. The van der Waals surface area contributed by atoms with Gasteiger partial charge in [0, 0.05) is 32.1 Å². The summed E-state index contributed by atoms with van der Waals surface area (Å²) in [5.74, 6) is 2.43. The molecule has 1 atom stereocenters. The van der Waals surface area contributed by atoms with Crippen LogP contribution in [0.25, 0.3) is 0 Å². The minimum absolute atomic E-state index is 0.520. The van der Waals surface area contributed by atoms with Crippen LogP contribution in [0.1, 0.15) is 35.8 Å². The van der Waals surface area contributed by atoms with E-state index in [0.717, 1.165) is 37.7 Å². The molecule has 4 nitrogen and oxygen atoms in total. The average Bonchev–Trinajstić information content (AvgIpc) is 2.61. The lowest BCUT2D eigenvalue weighted by Crippen LogP contribution is -2.29. The lowest BCUT2D eigenvalue weighted by atomic mass is 9.96. The van der Waals surface area contributed by atoms with Gasteiger partial charge in [-0.2, -0.15) is 0 Å². The third-order valence-electron chi connectivity index (χ3n) is 4.53. The summed E-state index contributed by atoms with van der Waals surface area (Å²) in [6, 6.07) is 12.8. The Balaban J connectivity index is 1.69. The van der Waals surface area contributed by atoms with Crippen molar-refractivity contribution in [1.82, 2.24) is 15.3 Å². The fraction of sp³-hybridized carbons (Fsp3) is 0.474. The largest absolute Gasteiger partial charge is 0.359 e. The van der Waals surface area contributed by atoms with Gasteiger partial charge in [-0.25, -0.2) is 9.97 Å². The van der Waals surface area contributed by atoms with Crippen LogP contribution in [0.3, 0.4) is 0 Å². The second kappa shape index (κ2) is 7.55. The van der Waals surface area contributed by atoms with Crippen molar-refractivity contribution < 1.29 is 0 Å². The Hall–Kier alpha value is -1.94. The molecule has 1 aromatic heterocycles. The summed E-state index contributed by atoms with van der Waals surface area (Å²) in [5.41, 5.74) is 2.55. The molecule has 1 fully saturated rings. The van der Waals surface area contributed by atoms with Crippen LogP contribution in [-0.2, 0) is 6.42 Å². The second-order valence-electron chi connectivity index (χ2n) is 6.40. The number of nitrogens with zero attached hydrogens (tertiary/aromatic N) is 3. The zero-order chi connectivity index (χ0) is 16.1. The van der Waals surface area contributed by atoms with Gasteiger partial charge in [-0.1, -0.05) is 30.3 Å². The van der Waals surface area contributed by atoms with E-state index < -0.39 is 0 Å². The van der Waals surface area contributed by atoms with Gasteiger partial charge >= 0.3 is 0 Å². The van der Waals surface area contributed by atoms with E-state index in [2.05, 4.69) is 63.6 Å². The van der Waals surface area contributed by atoms with Crippen LogP contribution in [0.4, 0.5) is 5.82 Å². The Kier molecular flexibility index (Phi) is 5.23. The third-order valence-corrected chi connectivity index (χ3v) is 4.53. The monoisotopic (exact) mass is 310 g/mol. The fourth-order valence-corrected chi connectivity index (χ4v) is 3.14. The van der Waals surface area contributed by atoms with Crippen LogP contribution in [-0.4, -0.2) is 36.6 Å². The van der Waals surface area contributed by atoms with Gasteiger partial charge in [0.05, 0.1) is 5.69 Å². The number of piperidine rings is 1. The maximum atomic E-state index is 4.68. The lowest BCUT2D eigenvalue weighted by Gasteiger charge is -2.24. The Labute approximate surface area is 139 Å². The summed E-state index contributed by atoms with van der Waals surface area (Å²) in [7, 11) is 2.12. The van der Waals surface area contributed by atoms with Gasteiger partial charge in [0.15, 0.2) is 0 Å². The van der Waals surface area contributed by atoms with Crippen molar-refractivity contribution in [2.24, 2.45) is 0 Å². The number of hydrogen-bond donors (Lipinski definition) is 1. The van der Waals surface area contributed by atoms with Crippen LogP contribution in [0.15, 0.2) is 36.4 Å². The fourth-order valence-electron chi connectivity index (χ4n) is 3.14. The van der Waals surface area contributed by atoms with Gasteiger partial charge in [0.2, 0.25) is 0 Å². The molecule has 3 rings (SSSR count). The highest BCUT2D eigenvalue weighted by molar-refractivity contribution is 5.40. The SMILES string of the molecule is Cc1nc(C2CCCNC2)cc(N(C)CCc2ccccc2)n1. The van der Waals surface area contributed by atoms with Gasteiger partial charge < -0.3 is 10.2 Å². The van der Waals surface area contributed by atoms with E-state index in [1.54, 1.807) is 0 Å². The number of aromatic nitrogens is 2. The van der Waals surface area contributed by atoms with E-state index in [4.69, 9.17) is 0 Å². The van der Waals surface area contributed by atoms with Crippen molar-refractivity contribution in [2.45, 2.75) is 32.1 Å². The molecule has 0 spiro atoms. The number of anilines is 1. The molecule has 0 bridgehead atoms. The highest BCUT2D eigenvalue weighted by Gasteiger charge is 2.18. The molecular formula is C19H26N4. The smallest absolute Gasteiger partial charge is 0.132 e. The molecule has 0 amide bonds. The topological polar surface area (TPSA) is 41.1 Å². The molecule has 0 saturated carbocycles. The molecule has 23 heavy (non-hydrogen) atoms. The third kappa shape index (κ3) is 4.29. The van der Waals surface area contributed by atoms with Crippen LogP contribution in [0.5, 0.6) is 0 Å². The van der Waals surface area contributed by atoms with E-state index in [1.807, 2.05) is 6.92 Å². The first-order valence-electron chi connectivity index (χ1n) is 8.54. The van der Waals surface area contributed by atoms with Crippen LogP contribution in [0, 0.1) is 6.92 Å². The first-order valence-corrected chi connectivity index (χ1v) is 8.54. The summed E-state index contributed by atoms with van der Waals surface area (Å²) < 4.78 is 0. The molecule has 4 heteroatoms. The molecule has 122 valence electrons. The summed E-state index contributed by atoms with van der Waals surface area (Å²) in [5, 5.41) is 3.47. The average molecular weight is 310 g/mol. The number of aryl methyl sites for hydroxylation is 1. The van der Waals surface area contributed by atoms with Crippen LogP contribution < -0.4 is 10.2 Å².